The number of carbonyl (C=O) groups is 1. The molecule has 0 bridgehead atoms. The zero-order chi connectivity index (χ0) is 19.9. The molecule has 2 aromatic rings. The summed E-state index contributed by atoms with van der Waals surface area (Å²) in [6.07, 6.45) is 0.356. The molecule has 6 heteroatoms. The van der Waals surface area contributed by atoms with E-state index in [0.29, 0.717) is 18.0 Å². The van der Waals surface area contributed by atoms with Gasteiger partial charge < -0.3 is 15.0 Å². The number of hydrogen-bond donors (Lipinski definition) is 1. The minimum absolute atomic E-state index is 0.0231. The summed E-state index contributed by atoms with van der Waals surface area (Å²) in [6, 6.07) is 15.7. The molecule has 1 N–H and O–H groups in total. The molecule has 0 radical (unpaired) electrons. The highest BCUT2D eigenvalue weighted by Gasteiger charge is 2.24. The lowest BCUT2D eigenvalue weighted by molar-refractivity contribution is -0.120. The van der Waals surface area contributed by atoms with Crippen molar-refractivity contribution in [1.29, 1.82) is 0 Å². The van der Waals surface area contributed by atoms with E-state index in [1.807, 2.05) is 36.4 Å². The second-order valence-electron chi connectivity index (χ2n) is 7.24. The van der Waals surface area contributed by atoms with E-state index < -0.39 is 0 Å². The molecule has 1 aliphatic rings. The van der Waals surface area contributed by atoms with Crippen molar-refractivity contribution in [3.63, 3.8) is 0 Å². The average molecular weight is 402 g/mol. The smallest absolute Gasteiger partial charge is 0.224 e. The average Bonchev–Trinajstić information content (AvgIpc) is 2.71. The van der Waals surface area contributed by atoms with Crippen LogP contribution in [0.4, 0.5) is 0 Å². The maximum atomic E-state index is 12.5. The summed E-state index contributed by atoms with van der Waals surface area (Å²) in [7, 11) is 3.82. The zero-order valence-corrected chi connectivity index (χ0v) is 17.3. The summed E-state index contributed by atoms with van der Waals surface area (Å²) in [5, 5.41) is 3.80. The van der Waals surface area contributed by atoms with Gasteiger partial charge in [0.15, 0.2) is 0 Å². The van der Waals surface area contributed by atoms with Crippen molar-refractivity contribution in [3.8, 4) is 5.75 Å². The van der Waals surface area contributed by atoms with Gasteiger partial charge in [0.05, 0.1) is 19.6 Å². The van der Waals surface area contributed by atoms with Crippen molar-refractivity contribution >= 4 is 17.5 Å². The highest BCUT2D eigenvalue weighted by Crippen LogP contribution is 2.24. The molecule has 1 aliphatic heterocycles. The molecule has 150 valence electrons. The largest absolute Gasteiger partial charge is 0.497 e. The van der Waals surface area contributed by atoms with Crippen molar-refractivity contribution in [1.82, 2.24) is 15.1 Å². The Kier molecular flexibility index (Phi) is 7.31. The van der Waals surface area contributed by atoms with Crippen molar-refractivity contribution in [2.75, 3.05) is 46.9 Å². The quantitative estimate of drug-likeness (QED) is 0.774. The van der Waals surface area contributed by atoms with Crippen LogP contribution in [-0.2, 0) is 11.2 Å². The molecule has 0 aromatic heterocycles. The normalized spacial score (nSPS) is 16.5. The molecular formula is C22H28ClN3O2. The van der Waals surface area contributed by atoms with E-state index in [9.17, 15) is 4.79 Å². The van der Waals surface area contributed by atoms with Crippen molar-refractivity contribution in [3.05, 3.63) is 64.7 Å². The number of piperazine rings is 1. The predicted octanol–water partition coefficient (Wildman–Crippen LogP) is 3.00. The third-order valence-electron chi connectivity index (χ3n) is 5.25. The van der Waals surface area contributed by atoms with Crippen LogP contribution >= 0.6 is 11.6 Å². The summed E-state index contributed by atoms with van der Waals surface area (Å²) in [5.74, 6) is 0.864. The van der Waals surface area contributed by atoms with Crippen LogP contribution in [0.1, 0.15) is 17.2 Å². The monoisotopic (exact) mass is 401 g/mol. The van der Waals surface area contributed by atoms with Crippen molar-refractivity contribution in [2.24, 2.45) is 0 Å². The standard InChI is InChI=1S/C22H28ClN3O2/c1-25-11-13-26(14-12-25)21(18-5-9-20(28-2)10-6-18)16-24-22(27)15-17-3-7-19(23)8-4-17/h3-10,21H,11-16H2,1-2H3,(H,24,27). The van der Waals surface area contributed by atoms with E-state index in [1.165, 1.54) is 5.56 Å². The second-order valence-corrected chi connectivity index (χ2v) is 7.67. The molecule has 1 amide bonds. The van der Waals surface area contributed by atoms with Gasteiger partial charge in [0.2, 0.25) is 5.91 Å². The van der Waals surface area contributed by atoms with Gasteiger partial charge in [-0.3, -0.25) is 9.69 Å². The molecule has 0 aliphatic carbocycles. The molecule has 3 rings (SSSR count). The number of likely N-dealkylation sites (N-methyl/N-ethyl adjacent to an activating group) is 1. The van der Waals surface area contributed by atoms with Gasteiger partial charge in [-0.2, -0.15) is 0 Å². The Morgan fingerprint density at radius 3 is 2.32 bits per heavy atom. The van der Waals surface area contributed by atoms with Gasteiger partial charge in [0.1, 0.15) is 5.75 Å². The first-order valence-corrected chi connectivity index (χ1v) is 10.0. The number of carbonyl (C=O) groups excluding carboxylic acids is 1. The van der Waals surface area contributed by atoms with Gasteiger partial charge in [-0.05, 0) is 42.4 Å². The molecule has 5 nitrogen and oxygen atoms in total. The van der Waals surface area contributed by atoms with Crippen LogP contribution in [0.5, 0.6) is 5.75 Å². The summed E-state index contributed by atoms with van der Waals surface area (Å²) in [6.45, 7) is 4.62. The van der Waals surface area contributed by atoms with Gasteiger partial charge in [-0.25, -0.2) is 0 Å². The fourth-order valence-corrected chi connectivity index (χ4v) is 3.60. The van der Waals surface area contributed by atoms with E-state index in [2.05, 4.69) is 34.3 Å². The van der Waals surface area contributed by atoms with Gasteiger partial charge in [0.25, 0.3) is 0 Å². The van der Waals surface area contributed by atoms with E-state index in [1.54, 1.807) is 7.11 Å². The zero-order valence-electron chi connectivity index (χ0n) is 16.5. The molecule has 2 aromatic carbocycles. The molecule has 1 atom stereocenters. The number of rotatable bonds is 7. The van der Waals surface area contributed by atoms with Crippen LogP contribution in [0, 0.1) is 0 Å². The molecule has 1 fully saturated rings. The SMILES string of the molecule is COc1ccc(C(CNC(=O)Cc2ccc(Cl)cc2)N2CCN(C)CC2)cc1. The molecule has 0 saturated carbocycles. The molecule has 1 saturated heterocycles. The number of methoxy groups -OCH3 is 1. The first kappa shape index (κ1) is 20.6. The molecule has 1 heterocycles. The minimum Gasteiger partial charge on any atom is -0.497 e. The Labute approximate surface area is 172 Å². The Morgan fingerprint density at radius 1 is 1.07 bits per heavy atom. The fraction of sp³-hybridized carbons (Fsp3) is 0.409. The Bertz CT molecular complexity index is 756. The van der Waals surface area contributed by atoms with Crippen LogP contribution in [-0.4, -0.2) is 62.6 Å². The lowest BCUT2D eigenvalue weighted by atomic mass is 10.0. The first-order chi connectivity index (χ1) is 13.5. The number of hydrogen-bond acceptors (Lipinski definition) is 4. The number of ether oxygens (including phenoxy) is 1. The Balaban J connectivity index is 1.65. The lowest BCUT2D eigenvalue weighted by Crippen LogP contribution is -2.48. The third kappa shape index (κ3) is 5.71. The maximum absolute atomic E-state index is 12.5. The first-order valence-electron chi connectivity index (χ1n) is 9.63. The van der Waals surface area contributed by atoms with E-state index in [4.69, 9.17) is 16.3 Å². The number of nitrogens with one attached hydrogen (secondary N) is 1. The topological polar surface area (TPSA) is 44.8 Å². The molecule has 28 heavy (non-hydrogen) atoms. The fourth-order valence-electron chi connectivity index (χ4n) is 3.48. The number of amides is 1. The number of benzene rings is 2. The van der Waals surface area contributed by atoms with Crippen LogP contribution in [0.3, 0.4) is 0 Å². The highest BCUT2D eigenvalue weighted by molar-refractivity contribution is 6.30. The van der Waals surface area contributed by atoms with E-state index >= 15 is 0 Å². The summed E-state index contributed by atoms with van der Waals surface area (Å²) < 4.78 is 5.28. The van der Waals surface area contributed by atoms with Crippen molar-refractivity contribution in [2.45, 2.75) is 12.5 Å². The van der Waals surface area contributed by atoms with Crippen LogP contribution in [0.2, 0.25) is 5.02 Å². The molecule has 1 unspecified atom stereocenters. The Morgan fingerprint density at radius 2 is 1.71 bits per heavy atom. The van der Waals surface area contributed by atoms with Gasteiger partial charge in [0, 0.05) is 37.7 Å². The second kappa shape index (κ2) is 9.92. The molecular weight excluding hydrogens is 374 g/mol. The van der Waals surface area contributed by atoms with Crippen LogP contribution in [0.25, 0.3) is 0 Å². The van der Waals surface area contributed by atoms with Crippen LogP contribution in [0.15, 0.2) is 48.5 Å². The van der Waals surface area contributed by atoms with Crippen LogP contribution < -0.4 is 10.1 Å². The lowest BCUT2D eigenvalue weighted by Gasteiger charge is -2.38. The van der Waals surface area contributed by atoms with Gasteiger partial charge >= 0.3 is 0 Å². The number of halogens is 1. The summed E-state index contributed by atoms with van der Waals surface area (Å²) in [4.78, 5) is 17.3. The summed E-state index contributed by atoms with van der Waals surface area (Å²) >= 11 is 5.92. The van der Waals surface area contributed by atoms with Crippen molar-refractivity contribution < 1.29 is 9.53 Å². The van der Waals surface area contributed by atoms with E-state index in [0.717, 1.165) is 37.5 Å². The minimum atomic E-state index is 0.0231. The number of nitrogens with zero attached hydrogens (tertiary/aromatic N) is 2. The Hall–Kier alpha value is -2.08. The summed E-state index contributed by atoms with van der Waals surface area (Å²) in [5.41, 5.74) is 2.15. The van der Waals surface area contributed by atoms with Gasteiger partial charge in [-0.15, -0.1) is 0 Å². The molecule has 0 spiro atoms. The highest BCUT2D eigenvalue weighted by atomic mass is 35.5. The predicted molar refractivity (Wildman–Crippen MR) is 113 cm³/mol. The maximum Gasteiger partial charge on any atom is 0.224 e. The van der Waals surface area contributed by atoms with Gasteiger partial charge in [-0.1, -0.05) is 35.9 Å². The third-order valence-corrected chi connectivity index (χ3v) is 5.50. The van der Waals surface area contributed by atoms with E-state index in [-0.39, 0.29) is 11.9 Å².